The number of hydrogen-bond donors (Lipinski definition) is 1. The van der Waals surface area contributed by atoms with Gasteiger partial charge in [0.15, 0.2) is 0 Å². The number of piperidine rings is 1. The van der Waals surface area contributed by atoms with E-state index in [0.29, 0.717) is 5.92 Å². The second kappa shape index (κ2) is 5.83. The summed E-state index contributed by atoms with van der Waals surface area (Å²) in [6, 6.07) is -0.314. The van der Waals surface area contributed by atoms with E-state index in [2.05, 4.69) is 11.8 Å². The van der Waals surface area contributed by atoms with Crippen LogP contribution in [0, 0.1) is 5.92 Å². The van der Waals surface area contributed by atoms with Gasteiger partial charge in [-0.1, -0.05) is 6.92 Å². The molecule has 0 aliphatic carbocycles. The van der Waals surface area contributed by atoms with Crippen molar-refractivity contribution < 1.29 is 14.6 Å². The number of carboxylic acids is 1. The van der Waals surface area contributed by atoms with Crippen molar-refractivity contribution in [2.24, 2.45) is 5.92 Å². The van der Waals surface area contributed by atoms with E-state index in [1.807, 2.05) is 13.8 Å². The lowest BCUT2D eigenvalue weighted by atomic mass is 9.91. The van der Waals surface area contributed by atoms with E-state index >= 15 is 0 Å². The van der Waals surface area contributed by atoms with Gasteiger partial charge in [-0.15, -0.1) is 0 Å². The average molecular weight is 243 g/mol. The third-order valence-electron chi connectivity index (χ3n) is 3.81. The summed E-state index contributed by atoms with van der Waals surface area (Å²) in [5, 5.41) is 9.24. The third-order valence-corrected chi connectivity index (χ3v) is 3.81. The smallest absolute Gasteiger partial charge is 0.320 e. The highest BCUT2D eigenvalue weighted by atomic mass is 16.5. The summed E-state index contributed by atoms with van der Waals surface area (Å²) in [4.78, 5) is 13.3. The number of methoxy groups -OCH3 is 1. The van der Waals surface area contributed by atoms with Gasteiger partial charge >= 0.3 is 5.97 Å². The molecule has 0 aromatic rings. The van der Waals surface area contributed by atoms with Crippen LogP contribution in [0.5, 0.6) is 0 Å². The van der Waals surface area contributed by atoms with Crippen LogP contribution in [0.15, 0.2) is 0 Å². The van der Waals surface area contributed by atoms with Crippen LogP contribution >= 0.6 is 0 Å². The lowest BCUT2D eigenvalue weighted by Crippen LogP contribution is -2.48. The summed E-state index contributed by atoms with van der Waals surface area (Å²) in [5.74, 6) is -0.172. The fourth-order valence-electron chi connectivity index (χ4n) is 2.23. The lowest BCUT2D eigenvalue weighted by molar-refractivity contribution is -0.145. The molecule has 4 heteroatoms. The van der Waals surface area contributed by atoms with E-state index in [-0.39, 0.29) is 11.6 Å². The summed E-state index contributed by atoms with van der Waals surface area (Å²) in [7, 11) is 1.70. The molecular formula is C13H25NO3. The number of nitrogens with zero attached hydrogens (tertiary/aromatic N) is 1. The second-order valence-electron chi connectivity index (χ2n) is 5.73. The third kappa shape index (κ3) is 4.28. The van der Waals surface area contributed by atoms with Crippen molar-refractivity contribution in [1.29, 1.82) is 0 Å². The Hall–Kier alpha value is -0.610. The van der Waals surface area contributed by atoms with Crippen LogP contribution in [0.1, 0.15) is 40.0 Å². The Morgan fingerprint density at radius 1 is 1.53 bits per heavy atom. The Labute approximate surface area is 104 Å². The van der Waals surface area contributed by atoms with E-state index in [0.717, 1.165) is 32.4 Å². The van der Waals surface area contributed by atoms with Gasteiger partial charge in [-0.25, -0.2) is 0 Å². The quantitative estimate of drug-likeness (QED) is 0.802. The number of carboxylic acid groups (broad SMARTS) is 1. The molecule has 17 heavy (non-hydrogen) atoms. The Kier molecular flexibility index (Phi) is 4.95. The molecule has 0 aromatic heterocycles. The monoisotopic (exact) mass is 243 g/mol. The first-order valence-electron chi connectivity index (χ1n) is 6.38. The predicted octanol–water partition coefficient (Wildman–Crippen LogP) is 1.99. The fourth-order valence-corrected chi connectivity index (χ4v) is 2.23. The molecule has 100 valence electrons. The minimum Gasteiger partial charge on any atom is -0.480 e. The van der Waals surface area contributed by atoms with Crippen molar-refractivity contribution in [2.75, 3.05) is 20.2 Å². The maximum Gasteiger partial charge on any atom is 0.320 e. The summed E-state index contributed by atoms with van der Waals surface area (Å²) in [6.07, 6.45) is 2.72. The first-order valence-corrected chi connectivity index (χ1v) is 6.38. The number of likely N-dealkylation sites (tertiary alicyclic amines) is 1. The van der Waals surface area contributed by atoms with Crippen LogP contribution < -0.4 is 0 Å². The maximum atomic E-state index is 11.2. The number of rotatable bonds is 5. The molecule has 1 N–H and O–H groups in total. The molecule has 1 aliphatic rings. The van der Waals surface area contributed by atoms with Gasteiger partial charge in [0.05, 0.1) is 5.60 Å². The molecule has 1 rings (SSSR count). The molecule has 1 aliphatic heterocycles. The molecule has 0 amide bonds. The summed E-state index contributed by atoms with van der Waals surface area (Å²) in [5.41, 5.74) is -0.174. The molecule has 1 heterocycles. The van der Waals surface area contributed by atoms with Gasteiger partial charge in [0.25, 0.3) is 0 Å². The molecule has 2 unspecified atom stereocenters. The maximum absolute atomic E-state index is 11.2. The molecule has 0 aromatic carbocycles. The van der Waals surface area contributed by atoms with Crippen molar-refractivity contribution in [3.63, 3.8) is 0 Å². The normalized spacial score (nSPS) is 27.1. The fraction of sp³-hybridized carbons (Fsp3) is 0.923. The van der Waals surface area contributed by atoms with Crippen LogP contribution in [0.4, 0.5) is 0 Å². The summed E-state index contributed by atoms with van der Waals surface area (Å²) < 4.78 is 5.37. The van der Waals surface area contributed by atoms with Gasteiger partial charge in [-0.3, -0.25) is 9.69 Å². The zero-order valence-corrected chi connectivity index (χ0v) is 11.4. The van der Waals surface area contributed by atoms with Crippen molar-refractivity contribution in [1.82, 2.24) is 4.90 Å². The van der Waals surface area contributed by atoms with Crippen LogP contribution in [-0.4, -0.2) is 47.8 Å². The zero-order chi connectivity index (χ0) is 13.1. The Morgan fingerprint density at radius 3 is 2.71 bits per heavy atom. The minimum absolute atomic E-state index is 0.174. The highest BCUT2D eigenvalue weighted by Crippen LogP contribution is 2.24. The zero-order valence-electron chi connectivity index (χ0n) is 11.4. The molecule has 0 radical (unpaired) electrons. The van der Waals surface area contributed by atoms with Gasteiger partial charge in [-0.05, 0) is 45.6 Å². The molecule has 1 fully saturated rings. The molecule has 2 atom stereocenters. The van der Waals surface area contributed by atoms with Gasteiger partial charge in [0, 0.05) is 13.7 Å². The number of carbonyl (C=O) groups is 1. The standard InChI is InChI=1S/C13H25NO3/c1-10-5-7-14(11(9-10)12(15)16)8-6-13(2,3)17-4/h10-11H,5-9H2,1-4H3,(H,15,16). The largest absolute Gasteiger partial charge is 0.480 e. The van der Waals surface area contributed by atoms with Gasteiger partial charge in [-0.2, -0.15) is 0 Å². The van der Waals surface area contributed by atoms with Crippen LogP contribution in [0.3, 0.4) is 0 Å². The van der Waals surface area contributed by atoms with Crippen molar-refractivity contribution >= 4 is 5.97 Å². The topological polar surface area (TPSA) is 49.8 Å². The predicted molar refractivity (Wildman–Crippen MR) is 67.1 cm³/mol. The van der Waals surface area contributed by atoms with Crippen molar-refractivity contribution in [3.05, 3.63) is 0 Å². The molecule has 0 spiro atoms. The average Bonchev–Trinajstić information content (AvgIpc) is 2.27. The highest BCUT2D eigenvalue weighted by Gasteiger charge is 2.32. The Balaban J connectivity index is 2.53. The van der Waals surface area contributed by atoms with Crippen LogP contribution in [0.25, 0.3) is 0 Å². The van der Waals surface area contributed by atoms with Gasteiger partial charge in [0.1, 0.15) is 6.04 Å². The van der Waals surface area contributed by atoms with E-state index in [1.54, 1.807) is 7.11 Å². The van der Waals surface area contributed by atoms with E-state index < -0.39 is 5.97 Å². The van der Waals surface area contributed by atoms with E-state index in [1.165, 1.54) is 0 Å². The molecular weight excluding hydrogens is 218 g/mol. The first kappa shape index (κ1) is 14.5. The number of aliphatic carboxylic acids is 1. The van der Waals surface area contributed by atoms with Crippen LogP contribution in [-0.2, 0) is 9.53 Å². The first-order chi connectivity index (χ1) is 7.85. The molecule has 1 saturated heterocycles. The summed E-state index contributed by atoms with van der Waals surface area (Å²) in [6.45, 7) is 7.89. The van der Waals surface area contributed by atoms with Crippen molar-refractivity contribution in [3.8, 4) is 0 Å². The summed E-state index contributed by atoms with van der Waals surface area (Å²) >= 11 is 0. The Morgan fingerprint density at radius 2 is 2.18 bits per heavy atom. The van der Waals surface area contributed by atoms with Crippen molar-refractivity contribution in [2.45, 2.75) is 51.7 Å². The number of ether oxygens (including phenoxy) is 1. The second-order valence-corrected chi connectivity index (χ2v) is 5.73. The van der Waals surface area contributed by atoms with E-state index in [9.17, 15) is 9.90 Å². The van der Waals surface area contributed by atoms with E-state index in [4.69, 9.17) is 4.74 Å². The number of hydrogen-bond acceptors (Lipinski definition) is 3. The SMILES string of the molecule is COC(C)(C)CCN1CCC(C)CC1C(=O)O. The Bertz CT molecular complexity index is 265. The lowest BCUT2D eigenvalue weighted by Gasteiger charge is -2.37. The highest BCUT2D eigenvalue weighted by molar-refractivity contribution is 5.73. The molecule has 4 nitrogen and oxygen atoms in total. The molecule has 0 bridgehead atoms. The molecule has 0 saturated carbocycles. The van der Waals surface area contributed by atoms with Crippen LogP contribution in [0.2, 0.25) is 0 Å². The van der Waals surface area contributed by atoms with Gasteiger partial charge < -0.3 is 9.84 Å². The minimum atomic E-state index is -0.688. The van der Waals surface area contributed by atoms with Gasteiger partial charge in [0.2, 0.25) is 0 Å².